The molecule has 5 heteroatoms. The normalized spacial score (nSPS) is 10.8. The van der Waals surface area contributed by atoms with Gasteiger partial charge in [-0.2, -0.15) is 0 Å². The Kier molecular flexibility index (Phi) is 3.39. The minimum atomic E-state index is -0.119. The first-order chi connectivity index (χ1) is 10.1. The molecule has 0 aromatic carbocycles. The van der Waals surface area contributed by atoms with Crippen molar-refractivity contribution in [2.75, 3.05) is 5.32 Å². The van der Waals surface area contributed by atoms with Gasteiger partial charge in [0.2, 0.25) is 5.91 Å². The van der Waals surface area contributed by atoms with Gasteiger partial charge >= 0.3 is 0 Å². The maximum atomic E-state index is 12.0. The molecule has 1 N–H and O–H groups in total. The average Bonchev–Trinajstić information content (AvgIpc) is 2.82. The topological polar surface area (TPSA) is 59.3 Å². The number of rotatable bonds is 3. The van der Waals surface area contributed by atoms with Crippen LogP contribution in [0.25, 0.3) is 5.65 Å². The van der Waals surface area contributed by atoms with E-state index < -0.39 is 0 Å². The van der Waals surface area contributed by atoms with Crippen molar-refractivity contribution in [2.45, 2.75) is 20.3 Å². The van der Waals surface area contributed by atoms with Gasteiger partial charge in [-0.25, -0.2) is 9.97 Å². The molecule has 0 saturated carbocycles. The molecule has 3 aromatic heterocycles. The van der Waals surface area contributed by atoms with Crippen LogP contribution >= 0.6 is 0 Å². The highest BCUT2D eigenvalue weighted by molar-refractivity contribution is 5.91. The summed E-state index contributed by atoms with van der Waals surface area (Å²) in [6.07, 6.45) is 5.77. The van der Waals surface area contributed by atoms with Crippen molar-refractivity contribution in [1.82, 2.24) is 14.4 Å². The van der Waals surface area contributed by atoms with Gasteiger partial charge in [0.1, 0.15) is 11.5 Å². The van der Waals surface area contributed by atoms with Crippen LogP contribution < -0.4 is 5.32 Å². The van der Waals surface area contributed by atoms with E-state index in [9.17, 15) is 4.79 Å². The Balaban J connectivity index is 1.72. The molecule has 3 rings (SSSR count). The van der Waals surface area contributed by atoms with Crippen molar-refractivity contribution in [3.63, 3.8) is 0 Å². The summed E-state index contributed by atoms with van der Waals surface area (Å²) in [5.41, 5.74) is 3.80. The van der Waals surface area contributed by atoms with E-state index in [1.807, 2.05) is 48.8 Å². The fourth-order valence-electron chi connectivity index (χ4n) is 2.11. The lowest BCUT2D eigenvalue weighted by atomic mass is 10.3. The van der Waals surface area contributed by atoms with Crippen molar-refractivity contribution in [3.8, 4) is 0 Å². The number of pyridine rings is 2. The quantitative estimate of drug-likeness (QED) is 0.802. The summed E-state index contributed by atoms with van der Waals surface area (Å²) in [5, 5.41) is 2.77. The van der Waals surface area contributed by atoms with Gasteiger partial charge in [0.25, 0.3) is 0 Å². The molecule has 106 valence electrons. The first-order valence-electron chi connectivity index (χ1n) is 6.77. The molecule has 3 aromatic rings. The van der Waals surface area contributed by atoms with E-state index in [1.165, 1.54) is 0 Å². The molecule has 0 unspecified atom stereocenters. The van der Waals surface area contributed by atoms with Gasteiger partial charge in [0, 0.05) is 18.6 Å². The predicted octanol–water partition coefficient (Wildman–Crippen LogP) is 2.53. The third-order valence-corrected chi connectivity index (χ3v) is 3.19. The van der Waals surface area contributed by atoms with Crippen LogP contribution in [0.4, 0.5) is 5.82 Å². The van der Waals surface area contributed by atoms with Crippen LogP contribution in [0.15, 0.2) is 42.9 Å². The first-order valence-corrected chi connectivity index (χ1v) is 6.77. The van der Waals surface area contributed by atoms with Crippen molar-refractivity contribution in [2.24, 2.45) is 0 Å². The molecule has 0 fully saturated rings. The zero-order valence-corrected chi connectivity index (χ0v) is 12.0. The maximum Gasteiger partial charge on any atom is 0.231 e. The zero-order chi connectivity index (χ0) is 14.8. The summed E-state index contributed by atoms with van der Waals surface area (Å²) in [7, 11) is 0. The fraction of sp³-hybridized carbons (Fsp3) is 0.188. The summed E-state index contributed by atoms with van der Waals surface area (Å²) in [6, 6.07) is 7.70. The van der Waals surface area contributed by atoms with E-state index in [4.69, 9.17) is 0 Å². The molecule has 3 heterocycles. The van der Waals surface area contributed by atoms with Gasteiger partial charge in [-0.05, 0) is 43.2 Å². The van der Waals surface area contributed by atoms with Crippen LogP contribution in [0, 0.1) is 13.8 Å². The highest BCUT2D eigenvalue weighted by Gasteiger charge is 2.08. The SMILES string of the molecule is Cc1ccc(NC(=O)Cc2cn3ccc(C)cc3n2)nc1. The Morgan fingerprint density at radius 3 is 2.86 bits per heavy atom. The number of carbonyl (C=O) groups is 1. The molecule has 5 nitrogen and oxygen atoms in total. The molecule has 0 saturated heterocycles. The monoisotopic (exact) mass is 280 g/mol. The summed E-state index contributed by atoms with van der Waals surface area (Å²) < 4.78 is 1.92. The van der Waals surface area contributed by atoms with Crippen LogP contribution in [0.2, 0.25) is 0 Å². The summed E-state index contributed by atoms with van der Waals surface area (Å²) in [6.45, 7) is 3.97. The predicted molar refractivity (Wildman–Crippen MR) is 81.2 cm³/mol. The number of anilines is 1. The van der Waals surface area contributed by atoms with Gasteiger partial charge in [0.15, 0.2) is 0 Å². The third-order valence-electron chi connectivity index (χ3n) is 3.19. The summed E-state index contributed by atoms with van der Waals surface area (Å²) in [4.78, 5) is 20.6. The number of aromatic nitrogens is 3. The van der Waals surface area contributed by atoms with Gasteiger partial charge in [-0.3, -0.25) is 4.79 Å². The van der Waals surface area contributed by atoms with Gasteiger partial charge in [-0.1, -0.05) is 6.07 Å². The molecule has 0 aliphatic carbocycles. The summed E-state index contributed by atoms with van der Waals surface area (Å²) >= 11 is 0. The highest BCUT2D eigenvalue weighted by atomic mass is 16.1. The van der Waals surface area contributed by atoms with Crippen LogP contribution in [0.1, 0.15) is 16.8 Å². The number of amides is 1. The number of imidazole rings is 1. The van der Waals surface area contributed by atoms with Crippen LogP contribution in [-0.4, -0.2) is 20.3 Å². The minimum absolute atomic E-state index is 0.119. The molecule has 1 amide bonds. The van der Waals surface area contributed by atoms with Crippen molar-refractivity contribution in [3.05, 3.63) is 59.7 Å². The van der Waals surface area contributed by atoms with E-state index >= 15 is 0 Å². The molecular formula is C16H16N4O. The second-order valence-electron chi connectivity index (χ2n) is 5.15. The van der Waals surface area contributed by atoms with Crippen molar-refractivity contribution in [1.29, 1.82) is 0 Å². The number of hydrogen-bond donors (Lipinski definition) is 1. The maximum absolute atomic E-state index is 12.0. The van der Waals surface area contributed by atoms with E-state index in [1.54, 1.807) is 12.3 Å². The Morgan fingerprint density at radius 1 is 1.24 bits per heavy atom. The lowest BCUT2D eigenvalue weighted by molar-refractivity contribution is -0.115. The summed E-state index contributed by atoms with van der Waals surface area (Å²) in [5.74, 6) is 0.441. The number of nitrogens with one attached hydrogen (secondary N) is 1. The van der Waals surface area contributed by atoms with Crippen LogP contribution in [0.3, 0.4) is 0 Å². The standard InChI is InChI=1S/C16H16N4O/c1-11-5-6-20-10-13(18-15(20)7-11)8-16(21)19-14-4-3-12(2)9-17-14/h3-7,9-10H,8H2,1-2H3,(H,17,19,21). The number of hydrogen-bond acceptors (Lipinski definition) is 3. The molecule has 0 spiro atoms. The van der Waals surface area contributed by atoms with Crippen LogP contribution in [-0.2, 0) is 11.2 Å². The van der Waals surface area contributed by atoms with Gasteiger partial charge in [-0.15, -0.1) is 0 Å². The van der Waals surface area contributed by atoms with Gasteiger partial charge in [0.05, 0.1) is 12.1 Å². The Labute approximate surface area is 122 Å². The molecule has 0 aliphatic rings. The molecular weight excluding hydrogens is 264 g/mol. The Morgan fingerprint density at radius 2 is 2.10 bits per heavy atom. The number of fused-ring (bicyclic) bond motifs is 1. The van der Waals surface area contributed by atoms with Crippen LogP contribution in [0.5, 0.6) is 0 Å². The third kappa shape index (κ3) is 3.08. The Bertz CT molecular complexity index is 790. The average molecular weight is 280 g/mol. The minimum Gasteiger partial charge on any atom is -0.310 e. The second-order valence-corrected chi connectivity index (χ2v) is 5.15. The van der Waals surface area contributed by atoms with E-state index in [0.717, 1.165) is 22.5 Å². The van der Waals surface area contributed by atoms with E-state index in [0.29, 0.717) is 5.82 Å². The second kappa shape index (κ2) is 5.36. The highest BCUT2D eigenvalue weighted by Crippen LogP contribution is 2.09. The molecule has 0 radical (unpaired) electrons. The smallest absolute Gasteiger partial charge is 0.231 e. The van der Waals surface area contributed by atoms with Gasteiger partial charge < -0.3 is 9.72 Å². The van der Waals surface area contributed by atoms with E-state index in [2.05, 4.69) is 15.3 Å². The molecule has 0 aliphatic heterocycles. The largest absolute Gasteiger partial charge is 0.310 e. The fourth-order valence-corrected chi connectivity index (χ4v) is 2.11. The molecule has 0 atom stereocenters. The Hall–Kier alpha value is -2.69. The number of aryl methyl sites for hydroxylation is 2. The van der Waals surface area contributed by atoms with Crippen molar-refractivity contribution >= 4 is 17.4 Å². The molecule has 21 heavy (non-hydrogen) atoms. The van der Waals surface area contributed by atoms with E-state index in [-0.39, 0.29) is 12.3 Å². The molecule has 0 bridgehead atoms. The lowest BCUT2D eigenvalue weighted by Gasteiger charge is -2.02. The number of carbonyl (C=O) groups excluding carboxylic acids is 1. The lowest BCUT2D eigenvalue weighted by Crippen LogP contribution is -2.15. The first kappa shape index (κ1) is 13.3. The van der Waals surface area contributed by atoms with Crippen molar-refractivity contribution < 1.29 is 4.79 Å². The number of nitrogens with zero attached hydrogens (tertiary/aromatic N) is 3. The zero-order valence-electron chi connectivity index (χ0n) is 12.0.